The maximum absolute atomic E-state index is 5.68. The summed E-state index contributed by atoms with van der Waals surface area (Å²) in [5.41, 5.74) is 1.24. The molecule has 1 atom stereocenters. The first kappa shape index (κ1) is 13.3. The summed E-state index contributed by atoms with van der Waals surface area (Å²) in [4.78, 5) is 2.32. The second-order valence-corrected chi connectivity index (χ2v) is 4.73. The average molecular weight is 246 g/mol. The summed E-state index contributed by atoms with van der Waals surface area (Å²) in [5, 5.41) is 3.41. The minimum atomic E-state index is 0.328. The van der Waals surface area contributed by atoms with E-state index in [-0.39, 0.29) is 0 Å². The van der Waals surface area contributed by atoms with Crippen molar-refractivity contribution in [3.8, 4) is 0 Å². The Balaban J connectivity index is 1.62. The Labute approximate surface area is 109 Å². The third-order valence-corrected chi connectivity index (χ3v) is 3.09. The van der Waals surface area contributed by atoms with Crippen molar-refractivity contribution in [1.29, 1.82) is 0 Å². The van der Waals surface area contributed by atoms with Gasteiger partial charge in [0.25, 0.3) is 0 Å². The van der Waals surface area contributed by atoms with Gasteiger partial charge in [-0.25, -0.2) is 0 Å². The van der Waals surface area contributed by atoms with Gasteiger partial charge in [-0.3, -0.25) is 0 Å². The zero-order chi connectivity index (χ0) is 12.6. The summed E-state index contributed by atoms with van der Waals surface area (Å²) in [5.74, 6) is 0. The highest BCUT2D eigenvalue weighted by molar-refractivity contribution is 5.48. The number of likely N-dealkylation sites (N-methyl/N-ethyl adjacent to an activating group) is 1. The third-order valence-electron chi connectivity index (χ3n) is 3.09. The molecule has 1 fully saturated rings. The van der Waals surface area contributed by atoms with Gasteiger partial charge >= 0.3 is 0 Å². The van der Waals surface area contributed by atoms with E-state index in [2.05, 4.69) is 53.7 Å². The molecule has 3 heteroatoms. The van der Waals surface area contributed by atoms with Crippen LogP contribution in [-0.4, -0.2) is 50.8 Å². The molecule has 1 aromatic carbocycles. The summed E-state index contributed by atoms with van der Waals surface area (Å²) >= 11 is 0. The molecular formula is C15H22N2O. The van der Waals surface area contributed by atoms with Crippen LogP contribution < -0.4 is 5.32 Å². The lowest BCUT2D eigenvalue weighted by Crippen LogP contribution is -2.44. The van der Waals surface area contributed by atoms with Crippen LogP contribution in [0.1, 0.15) is 5.56 Å². The SMILES string of the molecule is CN1CCOC(CNCC=Cc2ccccc2)C1. The highest BCUT2D eigenvalue weighted by atomic mass is 16.5. The van der Waals surface area contributed by atoms with Crippen LogP contribution in [-0.2, 0) is 4.74 Å². The van der Waals surface area contributed by atoms with Crippen LogP contribution in [0.2, 0.25) is 0 Å². The first-order valence-corrected chi connectivity index (χ1v) is 6.57. The lowest BCUT2D eigenvalue weighted by molar-refractivity contribution is -0.0176. The van der Waals surface area contributed by atoms with Crippen molar-refractivity contribution in [2.24, 2.45) is 0 Å². The van der Waals surface area contributed by atoms with Crippen molar-refractivity contribution in [2.75, 3.05) is 39.8 Å². The molecule has 98 valence electrons. The quantitative estimate of drug-likeness (QED) is 0.799. The Morgan fingerprint density at radius 2 is 2.22 bits per heavy atom. The van der Waals surface area contributed by atoms with Crippen LogP contribution in [0, 0.1) is 0 Å². The maximum atomic E-state index is 5.68. The molecule has 0 bridgehead atoms. The molecule has 0 amide bonds. The molecule has 0 spiro atoms. The number of morpholine rings is 1. The van der Waals surface area contributed by atoms with Crippen molar-refractivity contribution in [1.82, 2.24) is 10.2 Å². The Morgan fingerprint density at radius 3 is 3.00 bits per heavy atom. The third kappa shape index (κ3) is 4.61. The fourth-order valence-electron chi connectivity index (χ4n) is 2.08. The van der Waals surface area contributed by atoms with Crippen LogP contribution in [0.3, 0.4) is 0 Å². The zero-order valence-electron chi connectivity index (χ0n) is 11.0. The smallest absolute Gasteiger partial charge is 0.0826 e. The molecule has 2 rings (SSSR count). The van der Waals surface area contributed by atoms with E-state index in [9.17, 15) is 0 Å². The first-order chi connectivity index (χ1) is 8.84. The van der Waals surface area contributed by atoms with Crippen LogP contribution in [0.15, 0.2) is 36.4 Å². The molecule has 0 radical (unpaired) electrons. The minimum Gasteiger partial charge on any atom is -0.374 e. The van der Waals surface area contributed by atoms with Gasteiger partial charge in [0.2, 0.25) is 0 Å². The molecule has 1 aromatic rings. The second kappa shape index (κ2) is 7.31. The molecule has 0 aromatic heterocycles. The van der Waals surface area contributed by atoms with Gasteiger partial charge < -0.3 is 15.0 Å². The lowest BCUT2D eigenvalue weighted by atomic mass is 10.2. The van der Waals surface area contributed by atoms with E-state index in [1.807, 2.05) is 6.07 Å². The van der Waals surface area contributed by atoms with Gasteiger partial charge in [0.1, 0.15) is 0 Å². The predicted molar refractivity (Wildman–Crippen MR) is 75.6 cm³/mol. The van der Waals surface area contributed by atoms with Crippen LogP contribution in [0.5, 0.6) is 0 Å². The lowest BCUT2D eigenvalue weighted by Gasteiger charge is -2.30. The number of nitrogens with zero attached hydrogens (tertiary/aromatic N) is 1. The molecule has 1 saturated heterocycles. The number of nitrogens with one attached hydrogen (secondary N) is 1. The zero-order valence-corrected chi connectivity index (χ0v) is 11.0. The van der Waals surface area contributed by atoms with Crippen LogP contribution in [0.4, 0.5) is 0 Å². The van der Waals surface area contributed by atoms with Gasteiger partial charge in [0, 0.05) is 26.2 Å². The van der Waals surface area contributed by atoms with Crippen molar-refractivity contribution in [3.63, 3.8) is 0 Å². The number of hydrogen-bond acceptors (Lipinski definition) is 3. The summed E-state index contributed by atoms with van der Waals surface area (Å²) in [7, 11) is 2.14. The van der Waals surface area contributed by atoms with Crippen molar-refractivity contribution < 1.29 is 4.74 Å². The van der Waals surface area contributed by atoms with Gasteiger partial charge in [-0.1, -0.05) is 42.5 Å². The maximum Gasteiger partial charge on any atom is 0.0826 e. The van der Waals surface area contributed by atoms with E-state index < -0.39 is 0 Å². The van der Waals surface area contributed by atoms with E-state index in [0.29, 0.717) is 6.10 Å². The first-order valence-electron chi connectivity index (χ1n) is 6.57. The highest BCUT2D eigenvalue weighted by Crippen LogP contribution is 2.02. The molecule has 3 nitrogen and oxygen atoms in total. The van der Waals surface area contributed by atoms with Crippen LogP contribution >= 0.6 is 0 Å². The average Bonchev–Trinajstić information content (AvgIpc) is 2.40. The van der Waals surface area contributed by atoms with Gasteiger partial charge in [-0.2, -0.15) is 0 Å². The van der Waals surface area contributed by atoms with E-state index in [1.54, 1.807) is 0 Å². The van der Waals surface area contributed by atoms with Gasteiger partial charge in [-0.05, 0) is 12.6 Å². The summed E-state index contributed by atoms with van der Waals surface area (Å²) in [6.07, 6.45) is 4.62. The Kier molecular flexibility index (Phi) is 5.39. The van der Waals surface area contributed by atoms with Gasteiger partial charge in [0.05, 0.1) is 12.7 Å². The van der Waals surface area contributed by atoms with E-state index in [1.165, 1.54) is 5.56 Å². The predicted octanol–water partition coefficient (Wildman–Crippen LogP) is 1.62. The van der Waals surface area contributed by atoms with Crippen molar-refractivity contribution in [2.45, 2.75) is 6.10 Å². The molecule has 1 N–H and O–H groups in total. The molecule has 1 unspecified atom stereocenters. The molecule has 0 aliphatic carbocycles. The van der Waals surface area contributed by atoms with E-state index in [4.69, 9.17) is 4.74 Å². The monoisotopic (exact) mass is 246 g/mol. The Hall–Kier alpha value is -1.16. The number of benzene rings is 1. The van der Waals surface area contributed by atoms with Gasteiger partial charge in [0.15, 0.2) is 0 Å². The molecule has 1 heterocycles. The standard InChI is InChI=1S/C15H22N2O/c1-17-10-11-18-15(13-17)12-16-9-5-8-14-6-3-2-4-7-14/h2-8,15-16H,9-13H2,1H3. The normalized spacial score (nSPS) is 21.5. The summed E-state index contributed by atoms with van der Waals surface area (Å²) < 4.78 is 5.68. The van der Waals surface area contributed by atoms with E-state index in [0.717, 1.165) is 32.8 Å². The number of hydrogen-bond donors (Lipinski definition) is 1. The fraction of sp³-hybridized carbons (Fsp3) is 0.467. The number of ether oxygens (including phenoxy) is 1. The van der Waals surface area contributed by atoms with Crippen molar-refractivity contribution >= 4 is 6.08 Å². The Morgan fingerprint density at radius 1 is 1.39 bits per heavy atom. The van der Waals surface area contributed by atoms with Crippen molar-refractivity contribution in [3.05, 3.63) is 42.0 Å². The second-order valence-electron chi connectivity index (χ2n) is 4.73. The molecule has 0 saturated carbocycles. The van der Waals surface area contributed by atoms with E-state index >= 15 is 0 Å². The molecule has 1 aliphatic rings. The molecular weight excluding hydrogens is 224 g/mol. The summed E-state index contributed by atoms with van der Waals surface area (Å²) in [6.45, 7) is 4.73. The van der Waals surface area contributed by atoms with Crippen LogP contribution in [0.25, 0.3) is 6.08 Å². The molecule has 18 heavy (non-hydrogen) atoms. The number of rotatable bonds is 5. The fourth-order valence-corrected chi connectivity index (χ4v) is 2.08. The largest absolute Gasteiger partial charge is 0.374 e. The molecule has 1 aliphatic heterocycles. The summed E-state index contributed by atoms with van der Waals surface area (Å²) in [6, 6.07) is 10.4. The van der Waals surface area contributed by atoms with Gasteiger partial charge in [-0.15, -0.1) is 0 Å². The minimum absolute atomic E-state index is 0.328. The highest BCUT2D eigenvalue weighted by Gasteiger charge is 2.16. The Bertz CT molecular complexity index is 364. The topological polar surface area (TPSA) is 24.5 Å².